The Morgan fingerprint density at radius 1 is 1.40 bits per heavy atom. The highest BCUT2D eigenvalue weighted by Crippen LogP contribution is 2.33. The van der Waals surface area contributed by atoms with Gasteiger partial charge in [0.15, 0.2) is 0 Å². The molecule has 0 fully saturated rings. The highest BCUT2D eigenvalue weighted by molar-refractivity contribution is 7.84. The van der Waals surface area contributed by atoms with Gasteiger partial charge in [0, 0.05) is 11.6 Å². The zero-order valence-electron chi connectivity index (χ0n) is 10.8. The number of esters is 1. The summed E-state index contributed by atoms with van der Waals surface area (Å²) in [6, 6.07) is 5.05. The molecule has 2 aromatic rings. The Bertz CT molecular complexity index is 718. The maximum Gasteiger partial charge on any atom is 0.342 e. The maximum atomic E-state index is 12.0. The molecule has 0 aliphatic carbocycles. The molecule has 0 radical (unpaired) electrons. The average Bonchev–Trinajstić information content (AvgIpc) is 2.39. The first-order valence-corrected chi connectivity index (χ1v) is 8.07. The van der Waals surface area contributed by atoms with E-state index in [0.29, 0.717) is 15.9 Å². The lowest BCUT2D eigenvalue weighted by Crippen LogP contribution is -2.12. The third-order valence-electron chi connectivity index (χ3n) is 2.62. The van der Waals surface area contributed by atoms with Crippen molar-refractivity contribution in [3.8, 4) is 0 Å². The number of ether oxygens (including phenoxy) is 1. The Hall–Kier alpha value is -1.17. The van der Waals surface area contributed by atoms with Gasteiger partial charge in [-0.3, -0.25) is 4.21 Å². The highest BCUT2D eigenvalue weighted by Gasteiger charge is 2.24. The zero-order chi connectivity index (χ0) is 14.9. The largest absolute Gasteiger partial charge is 0.462 e. The quantitative estimate of drug-likeness (QED) is 0.808. The molecule has 0 amide bonds. The van der Waals surface area contributed by atoms with Gasteiger partial charge >= 0.3 is 5.97 Å². The Morgan fingerprint density at radius 3 is 2.70 bits per heavy atom. The standard InChI is InChI=1S/C13H11Cl2NO3S/c1-3-19-13(17)9-10(15)7-5-4-6-8(14)11(7)16-12(9)20(2)18/h4-6H,3H2,1-2H3/t20-/m0/s1. The number of fused-ring (bicyclic) bond motifs is 1. The maximum absolute atomic E-state index is 12.0. The molecular weight excluding hydrogens is 321 g/mol. The third kappa shape index (κ3) is 2.66. The van der Waals surface area contributed by atoms with Crippen molar-refractivity contribution in [2.24, 2.45) is 0 Å². The van der Waals surface area contributed by atoms with Crippen LogP contribution in [0.5, 0.6) is 0 Å². The Morgan fingerprint density at radius 2 is 2.10 bits per heavy atom. The number of halogens is 2. The van der Waals surface area contributed by atoms with Crippen molar-refractivity contribution in [1.29, 1.82) is 0 Å². The van der Waals surface area contributed by atoms with Gasteiger partial charge in [-0.25, -0.2) is 9.78 Å². The molecule has 7 heteroatoms. The molecule has 0 saturated carbocycles. The predicted molar refractivity (Wildman–Crippen MR) is 80.1 cm³/mol. The molecule has 20 heavy (non-hydrogen) atoms. The van der Waals surface area contributed by atoms with Crippen LogP contribution < -0.4 is 0 Å². The molecule has 4 nitrogen and oxygen atoms in total. The number of nitrogens with zero attached hydrogens (tertiary/aromatic N) is 1. The van der Waals surface area contributed by atoms with Crippen LogP contribution >= 0.6 is 23.2 Å². The Kier molecular flexibility index (Phi) is 4.62. The topological polar surface area (TPSA) is 56.3 Å². The van der Waals surface area contributed by atoms with E-state index in [-0.39, 0.29) is 22.2 Å². The summed E-state index contributed by atoms with van der Waals surface area (Å²) in [5.74, 6) is -0.642. The molecule has 0 bridgehead atoms. The van der Waals surface area contributed by atoms with Crippen LogP contribution in [0, 0.1) is 0 Å². The van der Waals surface area contributed by atoms with Gasteiger partial charge in [-0.15, -0.1) is 0 Å². The first kappa shape index (κ1) is 15.2. The number of benzene rings is 1. The van der Waals surface area contributed by atoms with Crippen molar-refractivity contribution in [3.63, 3.8) is 0 Å². The Balaban J connectivity index is 2.84. The van der Waals surface area contributed by atoms with E-state index < -0.39 is 16.8 Å². The van der Waals surface area contributed by atoms with E-state index in [1.165, 1.54) is 6.26 Å². The summed E-state index contributed by atoms with van der Waals surface area (Å²) >= 11 is 12.3. The molecule has 2 rings (SSSR count). The van der Waals surface area contributed by atoms with E-state index in [1.807, 2.05) is 0 Å². The van der Waals surface area contributed by atoms with E-state index >= 15 is 0 Å². The smallest absolute Gasteiger partial charge is 0.342 e. The van der Waals surface area contributed by atoms with Crippen LogP contribution in [0.3, 0.4) is 0 Å². The van der Waals surface area contributed by atoms with E-state index in [1.54, 1.807) is 25.1 Å². The summed E-state index contributed by atoms with van der Waals surface area (Å²) in [5.41, 5.74) is 0.446. The second-order valence-electron chi connectivity index (χ2n) is 3.92. The summed E-state index contributed by atoms with van der Waals surface area (Å²) in [6.45, 7) is 1.87. The molecule has 1 heterocycles. The fourth-order valence-corrected chi connectivity index (χ4v) is 3.06. The lowest BCUT2D eigenvalue weighted by Gasteiger charge is -2.11. The third-order valence-corrected chi connectivity index (χ3v) is 4.16. The normalized spacial score (nSPS) is 12.4. The Labute approximate surface area is 128 Å². The molecule has 1 aromatic carbocycles. The minimum Gasteiger partial charge on any atom is -0.462 e. The monoisotopic (exact) mass is 331 g/mol. The first-order chi connectivity index (χ1) is 9.47. The van der Waals surface area contributed by atoms with Crippen LogP contribution in [0.25, 0.3) is 10.9 Å². The predicted octanol–water partition coefficient (Wildman–Crippen LogP) is 3.46. The van der Waals surface area contributed by atoms with E-state index in [9.17, 15) is 9.00 Å². The summed E-state index contributed by atoms with van der Waals surface area (Å²) in [4.78, 5) is 16.2. The van der Waals surface area contributed by atoms with Crippen LogP contribution in [0.1, 0.15) is 17.3 Å². The molecule has 0 aliphatic heterocycles. The summed E-state index contributed by atoms with van der Waals surface area (Å²) in [7, 11) is -1.49. The molecule has 1 atom stereocenters. The summed E-state index contributed by atoms with van der Waals surface area (Å²) in [5, 5.41) is 1.14. The molecule has 0 spiro atoms. The minimum atomic E-state index is -1.49. The van der Waals surface area contributed by atoms with Crippen LogP contribution in [0.15, 0.2) is 23.2 Å². The molecule has 106 valence electrons. The molecular formula is C13H11Cl2NO3S. The van der Waals surface area contributed by atoms with Gasteiger partial charge in [-0.2, -0.15) is 0 Å². The van der Waals surface area contributed by atoms with E-state index in [0.717, 1.165) is 0 Å². The van der Waals surface area contributed by atoms with Crippen LogP contribution in [0.4, 0.5) is 0 Å². The van der Waals surface area contributed by atoms with Gasteiger partial charge in [0.1, 0.15) is 10.6 Å². The number of carbonyl (C=O) groups is 1. The molecule has 0 unspecified atom stereocenters. The molecule has 0 N–H and O–H groups in total. The van der Waals surface area contributed by atoms with Gasteiger partial charge in [-0.1, -0.05) is 35.3 Å². The molecule has 0 aliphatic rings. The van der Waals surface area contributed by atoms with Crippen LogP contribution in [-0.4, -0.2) is 28.0 Å². The van der Waals surface area contributed by atoms with Gasteiger partial charge in [-0.05, 0) is 13.0 Å². The second kappa shape index (κ2) is 6.08. The van der Waals surface area contributed by atoms with Crippen LogP contribution in [0.2, 0.25) is 10.0 Å². The molecule has 1 aromatic heterocycles. The van der Waals surface area contributed by atoms with Crippen molar-refractivity contribution in [3.05, 3.63) is 33.8 Å². The van der Waals surface area contributed by atoms with Crippen molar-refractivity contribution >= 4 is 50.9 Å². The van der Waals surface area contributed by atoms with Crippen molar-refractivity contribution in [1.82, 2.24) is 4.98 Å². The number of aromatic nitrogens is 1. The molecule has 0 saturated heterocycles. The highest BCUT2D eigenvalue weighted by atomic mass is 35.5. The van der Waals surface area contributed by atoms with Crippen molar-refractivity contribution in [2.45, 2.75) is 11.9 Å². The van der Waals surface area contributed by atoms with Crippen molar-refractivity contribution in [2.75, 3.05) is 12.9 Å². The number of pyridine rings is 1. The van der Waals surface area contributed by atoms with Gasteiger partial charge < -0.3 is 4.74 Å². The van der Waals surface area contributed by atoms with Gasteiger partial charge in [0.05, 0.1) is 33.0 Å². The van der Waals surface area contributed by atoms with Crippen LogP contribution in [-0.2, 0) is 15.5 Å². The lowest BCUT2D eigenvalue weighted by molar-refractivity contribution is 0.0521. The van der Waals surface area contributed by atoms with E-state index in [2.05, 4.69) is 4.98 Å². The second-order valence-corrected chi connectivity index (χ2v) is 6.00. The van der Waals surface area contributed by atoms with E-state index in [4.69, 9.17) is 27.9 Å². The SMILES string of the molecule is CCOC(=O)c1c([S@](C)=O)nc2c(Cl)cccc2c1Cl. The number of hydrogen-bond acceptors (Lipinski definition) is 4. The lowest BCUT2D eigenvalue weighted by atomic mass is 10.1. The summed E-state index contributed by atoms with van der Waals surface area (Å²) < 4.78 is 16.8. The fourth-order valence-electron chi connectivity index (χ4n) is 1.78. The number of rotatable bonds is 3. The van der Waals surface area contributed by atoms with Gasteiger partial charge in [0.25, 0.3) is 0 Å². The first-order valence-electron chi connectivity index (χ1n) is 5.75. The average molecular weight is 332 g/mol. The fraction of sp³-hybridized carbons (Fsp3) is 0.231. The number of hydrogen-bond donors (Lipinski definition) is 0. The van der Waals surface area contributed by atoms with Crippen molar-refractivity contribution < 1.29 is 13.7 Å². The minimum absolute atomic E-state index is 0.0316. The number of para-hydroxylation sites is 1. The number of carbonyl (C=O) groups excluding carboxylic acids is 1. The summed E-state index contributed by atoms with van der Waals surface area (Å²) in [6.07, 6.45) is 1.42. The zero-order valence-corrected chi connectivity index (χ0v) is 13.1. The van der Waals surface area contributed by atoms with Gasteiger partial charge in [0.2, 0.25) is 0 Å².